The third kappa shape index (κ3) is 3.42. The molecule has 100 valence electrons. The lowest BCUT2D eigenvalue weighted by molar-refractivity contribution is 0.801. The summed E-state index contributed by atoms with van der Waals surface area (Å²) in [5.41, 5.74) is 4.48. The molecule has 0 radical (unpaired) electrons. The third-order valence-corrected chi connectivity index (χ3v) is 2.82. The molecule has 1 heterocycles. The Morgan fingerprint density at radius 3 is 3.00 bits per heavy atom. The van der Waals surface area contributed by atoms with Crippen LogP contribution in [0.25, 0.3) is 10.9 Å². The Labute approximate surface area is 112 Å². The molecule has 19 heavy (non-hydrogen) atoms. The van der Waals surface area contributed by atoms with Crippen LogP contribution in [0.15, 0.2) is 41.5 Å². The van der Waals surface area contributed by atoms with E-state index in [0.717, 1.165) is 36.0 Å². The fourth-order valence-electron chi connectivity index (χ4n) is 1.81. The first-order valence-electron chi connectivity index (χ1n) is 6.47. The molecule has 0 bridgehead atoms. The second kappa shape index (κ2) is 6.70. The number of benzene rings is 1. The topological polar surface area (TPSA) is 75.3 Å². The van der Waals surface area contributed by atoms with Gasteiger partial charge >= 0.3 is 0 Å². The number of hydrazine groups is 1. The van der Waals surface area contributed by atoms with Crippen molar-refractivity contribution in [1.82, 2.24) is 10.4 Å². The molecule has 0 unspecified atom stereocenters. The lowest BCUT2D eigenvalue weighted by Crippen LogP contribution is -2.36. The number of fused-ring (bicyclic) bond motifs is 1. The summed E-state index contributed by atoms with van der Waals surface area (Å²) in [6.45, 7) is 2.89. The number of hydrogen-bond donors (Lipinski definition) is 3. The average molecular weight is 257 g/mol. The Morgan fingerprint density at radius 1 is 1.32 bits per heavy atom. The molecule has 0 aliphatic rings. The maximum absolute atomic E-state index is 5.49. The molecule has 0 saturated carbocycles. The first-order chi connectivity index (χ1) is 9.35. The number of anilines is 1. The van der Waals surface area contributed by atoms with E-state index in [1.807, 2.05) is 30.3 Å². The molecule has 2 rings (SSSR count). The first-order valence-corrected chi connectivity index (χ1v) is 6.47. The van der Waals surface area contributed by atoms with E-state index in [4.69, 9.17) is 5.84 Å². The van der Waals surface area contributed by atoms with Gasteiger partial charge < -0.3 is 5.32 Å². The lowest BCUT2D eigenvalue weighted by atomic mass is 10.2. The van der Waals surface area contributed by atoms with Gasteiger partial charge in [-0.1, -0.05) is 19.4 Å². The van der Waals surface area contributed by atoms with E-state index in [1.54, 1.807) is 6.20 Å². The quantitative estimate of drug-likeness (QED) is 0.258. The standard InChI is InChI=1S/C14H19N5/c1-2-3-9-17-14(19-15)18-13-8-4-7-12-11(13)6-5-10-16-12/h4-8,10H,2-3,9,15H2,1H3,(H2,17,18,19). The van der Waals surface area contributed by atoms with Gasteiger partial charge in [-0.3, -0.25) is 15.4 Å². The summed E-state index contributed by atoms with van der Waals surface area (Å²) in [4.78, 5) is 8.70. The van der Waals surface area contributed by atoms with Gasteiger partial charge in [0.05, 0.1) is 11.2 Å². The molecule has 0 atom stereocenters. The predicted octanol–water partition coefficient (Wildman–Crippen LogP) is 2.27. The van der Waals surface area contributed by atoms with Gasteiger partial charge in [-0.25, -0.2) is 5.84 Å². The summed E-state index contributed by atoms with van der Waals surface area (Å²) in [5, 5.41) is 4.25. The smallest absolute Gasteiger partial charge is 0.210 e. The van der Waals surface area contributed by atoms with Crippen LogP contribution < -0.4 is 16.6 Å². The molecular formula is C14H19N5. The van der Waals surface area contributed by atoms with Crippen LogP contribution in [0.1, 0.15) is 19.8 Å². The zero-order chi connectivity index (χ0) is 13.5. The van der Waals surface area contributed by atoms with Gasteiger partial charge in [0, 0.05) is 18.1 Å². The lowest BCUT2D eigenvalue weighted by Gasteiger charge is -2.11. The molecule has 1 aromatic heterocycles. The number of nitrogens with two attached hydrogens (primary N) is 1. The van der Waals surface area contributed by atoms with Crippen molar-refractivity contribution in [2.24, 2.45) is 10.8 Å². The largest absolute Gasteiger partial charge is 0.325 e. The molecule has 2 aromatic rings. The highest BCUT2D eigenvalue weighted by atomic mass is 15.3. The van der Waals surface area contributed by atoms with E-state index in [2.05, 4.69) is 27.6 Å². The Morgan fingerprint density at radius 2 is 2.21 bits per heavy atom. The van der Waals surface area contributed by atoms with E-state index in [-0.39, 0.29) is 0 Å². The van der Waals surface area contributed by atoms with Crippen LogP contribution in [0.2, 0.25) is 0 Å². The van der Waals surface area contributed by atoms with Gasteiger partial charge in [-0.05, 0) is 30.7 Å². The normalized spacial score (nSPS) is 11.6. The van der Waals surface area contributed by atoms with Crippen molar-refractivity contribution in [1.29, 1.82) is 0 Å². The molecule has 0 spiro atoms. The minimum Gasteiger partial charge on any atom is -0.325 e. The summed E-state index contributed by atoms with van der Waals surface area (Å²) in [7, 11) is 0. The minimum atomic E-state index is 0.574. The van der Waals surface area contributed by atoms with Gasteiger partial charge in [0.2, 0.25) is 5.96 Å². The summed E-state index contributed by atoms with van der Waals surface area (Å²) < 4.78 is 0. The van der Waals surface area contributed by atoms with Crippen molar-refractivity contribution in [2.75, 3.05) is 11.9 Å². The zero-order valence-electron chi connectivity index (χ0n) is 11.1. The highest BCUT2D eigenvalue weighted by Gasteiger charge is 2.03. The van der Waals surface area contributed by atoms with Crippen LogP contribution in [-0.2, 0) is 0 Å². The van der Waals surface area contributed by atoms with Crippen molar-refractivity contribution in [3.8, 4) is 0 Å². The van der Waals surface area contributed by atoms with Crippen LogP contribution in [-0.4, -0.2) is 17.5 Å². The highest BCUT2D eigenvalue weighted by molar-refractivity contribution is 6.02. The monoisotopic (exact) mass is 257 g/mol. The second-order valence-electron chi connectivity index (χ2n) is 4.23. The molecule has 5 nitrogen and oxygen atoms in total. The van der Waals surface area contributed by atoms with Crippen LogP contribution >= 0.6 is 0 Å². The van der Waals surface area contributed by atoms with Crippen LogP contribution in [0.5, 0.6) is 0 Å². The van der Waals surface area contributed by atoms with E-state index in [0.29, 0.717) is 5.96 Å². The molecule has 0 aliphatic heterocycles. The van der Waals surface area contributed by atoms with Gasteiger partial charge in [0.15, 0.2) is 0 Å². The number of nitrogens with zero attached hydrogens (tertiary/aromatic N) is 2. The van der Waals surface area contributed by atoms with Gasteiger partial charge in [0.1, 0.15) is 0 Å². The third-order valence-electron chi connectivity index (χ3n) is 2.82. The van der Waals surface area contributed by atoms with Crippen molar-refractivity contribution >= 4 is 22.5 Å². The van der Waals surface area contributed by atoms with Crippen molar-refractivity contribution in [3.63, 3.8) is 0 Å². The number of pyridine rings is 1. The molecule has 0 aliphatic carbocycles. The van der Waals surface area contributed by atoms with E-state index >= 15 is 0 Å². The number of nitrogens with one attached hydrogen (secondary N) is 2. The summed E-state index contributed by atoms with van der Waals surface area (Å²) in [5.74, 6) is 6.06. The molecular weight excluding hydrogens is 238 g/mol. The van der Waals surface area contributed by atoms with E-state index in [1.165, 1.54) is 0 Å². The predicted molar refractivity (Wildman–Crippen MR) is 79.9 cm³/mol. The maximum Gasteiger partial charge on any atom is 0.210 e. The Kier molecular flexibility index (Phi) is 4.69. The average Bonchev–Trinajstić information content (AvgIpc) is 2.46. The van der Waals surface area contributed by atoms with Gasteiger partial charge in [0.25, 0.3) is 0 Å². The van der Waals surface area contributed by atoms with E-state index < -0.39 is 0 Å². The second-order valence-corrected chi connectivity index (χ2v) is 4.23. The molecule has 1 aromatic carbocycles. The van der Waals surface area contributed by atoms with Crippen molar-refractivity contribution < 1.29 is 0 Å². The Bertz CT molecular complexity index is 559. The van der Waals surface area contributed by atoms with Crippen LogP contribution in [0, 0.1) is 0 Å². The molecule has 4 N–H and O–H groups in total. The number of rotatable bonds is 4. The number of aromatic nitrogens is 1. The van der Waals surface area contributed by atoms with Gasteiger partial charge in [-0.2, -0.15) is 0 Å². The number of hydrogen-bond acceptors (Lipinski definition) is 3. The summed E-state index contributed by atoms with van der Waals surface area (Å²) >= 11 is 0. The maximum atomic E-state index is 5.49. The fraction of sp³-hybridized carbons (Fsp3) is 0.286. The van der Waals surface area contributed by atoms with Crippen molar-refractivity contribution in [2.45, 2.75) is 19.8 Å². The summed E-state index contributed by atoms with van der Waals surface area (Å²) in [6, 6.07) is 9.85. The van der Waals surface area contributed by atoms with Gasteiger partial charge in [-0.15, -0.1) is 0 Å². The first kappa shape index (κ1) is 13.3. The zero-order valence-corrected chi connectivity index (χ0v) is 11.1. The van der Waals surface area contributed by atoms with Crippen LogP contribution in [0.3, 0.4) is 0 Å². The fourth-order valence-corrected chi connectivity index (χ4v) is 1.81. The summed E-state index contributed by atoms with van der Waals surface area (Å²) in [6.07, 6.45) is 3.94. The highest BCUT2D eigenvalue weighted by Crippen LogP contribution is 2.20. The van der Waals surface area contributed by atoms with Crippen LogP contribution in [0.4, 0.5) is 5.69 Å². The Hall–Kier alpha value is -2.14. The minimum absolute atomic E-state index is 0.574. The Balaban J connectivity index is 2.22. The SMILES string of the molecule is CCCCN=C(NN)Nc1cccc2ncccc12. The number of aliphatic imine (C=N–C) groups is 1. The number of guanidine groups is 1. The molecule has 0 fully saturated rings. The molecule has 0 amide bonds. The van der Waals surface area contributed by atoms with E-state index in [9.17, 15) is 0 Å². The molecule has 0 saturated heterocycles. The van der Waals surface area contributed by atoms with Crippen molar-refractivity contribution in [3.05, 3.63) is 36.5 Å². The molecule has 5 heteroatoms. The number of unbranched alkanes of at least 4 members (excludes halogenated alkanes) is 1.